The van der Waals surface area contributed by atoms with Crippen molar-refractivity contribution in [1.82, 2.24) is 4.90 Å². The zero-order chi connectivity index (χ0) is 13.5. The number of nitrogen functional groups attached to an aromatic ring is 1. The number of hydrogen-bond donors (Lipinski definition) is 2. The fourth-order valence-corrected chi connectivity index (χ4v) is 2.52. The van der Waals surface area contributed by atoms with Crippen LogP contribution in [0.1, 0.15) is 26.2 Å². The van der Waals surface area contributed by atoms with Crippen molar-refractivity contribution < 1.29 is 4.74 Å². The molecule has 2 rings (SSSR count). The predicted molar refractivity (Wildman–Crippen MR) is 80.8 cm³/mol. The van der Waals surface area contributed by atoms with E-state index in [0.29, 0.717) is 6.61 Å². The Hall–Kier alpha value is -1.42. The average molecular weight is 263 g/mol. The molecule has 106 valence electrons. The second-order valence-corrected chi connectivity index (χ2v) is 5.05. The standard InChI is InChI=1S/C15H25N3O/c1-2-19-15-11-13(16)10-14(12-15)17-6-9-18-7-4-3-5-8-18/h10-12,17H,2-9,16H2,1H3. The van der Waals surface area contributed by atoms with Gasteiger partial charge in [-0.05, 0) is 38.9 Å². The molecule has 3 N–H and O–H groups in total. The lowest BCUT2D eigenvalue weighted by Gasteiger charge is -2.26. The molecule has 1 aromatic carbocycles. The Bertz CT molecular complexity index is 389. The molecule has 1 aliphatic rings. The minimum absolute atomic E-state index is 0.663. The van der Waals surface area contributed by atoms with E-state index in [9.17, 15) is 0 Å². The van der Waals surface area contributed by atoms with Crippen LogP contribution in [0.3, 0.4) is 0 Å². The van der Waals surface area contributed by atoms with E-state index in [-0.39, 0.29) is 0 Å². The van der Waals surface area contributed by atoms with E-state index in [1.54, 1.807) is 0 Å². The van der Waals surface area contributed by atoms with Gasteiger partial charge in [-0.1, -0.05) is 6.42 Å². The Morgan fingerprint density at radius 1 is 1.21 bits per heavy atom. The summed E-state index contributed by atoms with van der Waals surface area (Å²) in [5.74, 6) is 0.836. The molecule has 0 bridgehead atoms. The van der Waals surface area contributed by atoms with Gasteiger partial charge in [0.05, 0.1) is 6.61 Å². The molecule has 0 aliphatic carbocycles. The number of ether oxygens (including phenoxy) is 1. The molecule has 4 heteroatoms. The van der Waals surface area contributed by atoms with Crippen LogP contribution in [-0.2, 0) is 0 Å². The summed E-state index contributed by atoms with van der Waals surface area (Å²) in [4.78, 5) is 2.52. The van der Waals surface area contributed by atoms with Gasteiger partial charge in [-0.2, -0.15) is 0 Å². The van der Waals surface area contributed by atoms with Crippen LogP contribution >= 0.6 is 0 Å². The van der Waals surface area contributed by atoms with Crippen LogP contribution < -0.4 is 15.8 Å². The zero-order valence-electron chi connectivity index (χ0n) is 11.8. The largest absolute Gasteiger partial charge is 0.494 e. The molecule has 1 saturated heterocycles. The monoisotopic (exact) mass is 263 g/mol. The van der Waals surface area contributed by atoms with Gasteiger partial charge in [-0.15, -0.1) is 0 Å². The number of benzene rings is 1. The van der Waals surface area contributed by atoms with E-state index < -0.39 is 0 Å². The second kappa shape index (κ2) is 7.24. The minimum Gasteiger partial charge on any atom is -0.494 e. The molecule has 1 aromatic rings. The van der Waals surface area contributed by atoms with Gasteiger partial charge in [0.15, 0.2) is 0 Å². The summed E-state index contributed by atoms with van der Waals surface area (Å²) in [5, 5.41) is 3.43. The molecule has 0 spiro atoms. The topological polar surface area (TPSA) is 50.5 Å². The van der Waals surface area contributed by atoms with Gasteiger partial charge in [0, 0.05) is 36.6 Å². The van der Waals surface area contributed by atoms with Gasteiger partial charge in [-0.3, -0.25) is 0 Å². The van der Waals surface area contributed by atoms with Gasteiger partial charge >= 0.3 is 0 Å². The van der Waals surface area contributed by atoms with Crippen LogP contribution in [0.15, 0.2) is 18.2 Å². The number of nitrogens with two attached hydrogens (primary N) is 1. The molecule has 0 saturated carbocycles. The molecule has 0 unspecified atom stereocenters. The van der Waals surface area contributed by atoms with Gasteiger partial charge in [0.2, 0.25) is 0 Å². The van der Waals surface area contributed by atoms with Crippen LogP contribution in [0.4, 0.5) is 11.4 Å². The Balaban J connectivity index is 1.81. The highest BCUT2D eigenvalue weighted by molar-refractivity contribution is 5.59. The number of anilines is 2. The van der Waals surface area contributed by atoms with Crippen LogP contribution in [0.25, 0.3) is 0 Å². The van der Waals surface area contributed by atoms with E-state index in [4.69, 9.17) is 10.5 Å². The first-order valence-corrected chi connectivity index (χ1v) is 7.27. The van der Waals surface area contributed by atoms with Crippen LogP contribution in [0.5, 0.6) is 5.75 Å². The van der Waals surface area contributed by atoms with E-state index >= 15 is 0 Å². The van der Waals surface area contributed by atoms with Crippen molar-refractivity contribution in [1.29, 1.82) is 0 Å². The lowest BCUT2D eigenvalue weighted by Crippen LogP contribution is -2.33. The third kappa shape index (κ3) is 4.63. The molecule has 0 aromatic heterocycles. The highest BCUT2D eigenvalue weighted by atomic mass is 16.5. The van der Waals surface area contributed by atoms with E-state index in [1.165, 1.54) is 32.4 Å². The lowest BCUT2D eigenvalue weighted by molar-refractivity contribution is 0.237. The Kier molecular flexibility index (Phi) is 5.33. The zero-order valence-corrected chi connectivity index (χ0v) is 11.8. The lowest BCUT2D eigenvalue weighted by atomic mass is 10.1. The molecule has 1 aliphatic heterocycles. The average Bonchev–Trinajstić information content (AvgIpc) is 2.40. The number of hydrogen-bond acceptors (Lipinski definition) is 4. The van der Waals surface area contributed by atoms with Crippen molar-refractivity contribution in [3.8, 4) is 5.75 Å². The van der Waals surface area contributed by atoms with Crippen molar-refractivity contribution in [3.05, 3.63) is 18.2 Å². The van der Waals surface area contributed by atoms with Crippen molar-refractivity contribution in [3.63, 3.8) is 0 Å². The highest BCUT2D eigenvalue weighted by Crippen LogP contribution is 2.22. The maximum atomic E-state index is 5.87. The quantitative estimate of drug-likeness (QED) is 0.775. The number of nitrogens with zero attached hydrogens (tertiary/aromatic N) is 1. The number of rotatable bonds is 6. The first-order valence-electron chi connectivity index (χ1n) is 7.27. The Morgan fingerprint density at radius 2 is 2.00 bits per heavy atom. The third-order valence-electron chi connectivity index (χ3n) is 3.45. The SMILES string of the molecule is CCOc1cc(N)cc(NCCN2CCCCC2)c1. The predicted octanol–water partition coefficient (Wildman–Crippen LogP) is 2.57. The van der Waals surface area contributed by atoms with Crippen LogP contribution in [0, 0.1) is 0 Å². The van der Waals surface area contributed by atoms with Gasteiger partial charge in [-0.25, -0.2) is 0 Å². The Morgan fingerprint density at radius 3 is 2.74 bits per heavy atom. The maximum Gasteiger partial charge on any atom is 0.123 e. The molecular formula is C15H25N3O. The maximum absolute atomic E-state index is 5.87. The van der Waals surface area contributed by atoms with Gasteiger partial charge < -0.3 is 20.7 Å². The minimum atomic E-state index is 0.663. The number of nitrogens with one attached hydrogen (secondary N) is 1. The first-order chi connectivity index (χ1) is 9.28. The molecule has 0 atom stereocenters. The van der Waals surface area contributed by atoms with Crippen molar-refractivity contribution >= 4 is 11.4 Å². The van der Waals surface area contributed by atoms with Crippen molar-refractivity contribution in [2.75, 3.05) is 43.8 Å². The molecule has 1 heterocycles. The van der Waals surface area contributed by atoms with Gasteiger partial charge in [0.25, 0.3) is 0 Å². The molecule has 0 radical (unpaired) electrons. The summed E-state index contributed by atoms with van der Waals surface area (Å²) in [7, 11) is 0. The Labute approximate surface area is 115 Å². The number of piperidine rings is 1. The van der Waals surface area contributed by atoms with Gasteiger partial charge in [0.1, 0.15) is 5.75 Å². The fraction of sp³-hybridized carbons (Fsp3) is 0.600. The molecule has 0 amide bonds. The third-order valence-corrected chi connectivity index (χ3v) is 3.45. The second-order valence-electron chi connectivity index (χ2n) is 5.05. The smallest absolute Gasteiger partial charge is 0.123 e. The van der Waals surface area contributed by atoms with Crippen LogP contribution in [-0.4, -0.2) is 37.7 Å². The normalized spacial score (nSPS) is 16.3. The summed E-state index contributed by atoms with van der Waals surface area (Å²) in [6.07, 6.45) is 4.07. The molecular weight excluding hydrogens is 238 g/mol. The summed E-state index contributed by atoms with van der Waals surface area (Å²) in [6.45, 7) is 7.17. The van der Waals surface area contributed by atoms with Crippen molar-refractivity contribution in [2.45, 2.75) is 26.2 Å². The number of likely N-dealkylation sites (tertiary alicyclic amines) is 1. The summed E-state index contributed by atoms with van der Waals surface area (Å²) >= 11 is 0. The highest BCUT2D eigenvalue weighted by Gasteiger charge is 2.09. The molecule has 1 fully saturated rings. The molecule has 19 heavy (non-hydrogen) atoms. The fourth-order valence-electron chi connectivity index (χ4n) is 2.52. The van der Waals surface area contributed by atoms with E-state index in [2.05, 4.69) is 10.2 Å². The van der Waals surface area contributed by atoms with E-state index in [0.717, 1.165) is 30.2 Å². The van der Waals surface area contributed by atoms with Crippen molar-refractivity contribution in [2.24, 2.45) is 0 Å². The van der Waals surface area contributed by atoms with E-state index in [1.807, 2.05) is 25.1 Å². The van der Waals surface area contributed by atoms with Crippen LogP contribution in [0.2, 0.25) is 0 Å². The first kappa shape index (κ1) is 14.0. The summed E-state index contributed by atoms with van der Waals surface area (Å²) in [6, 6.07) is 5.83. The summed E-state index contributed by atoms with van der Waals surface area (Å²) < 4.78 is 5.49. The summed E-state index contributed by atoms with van der Waals surface area (Å²) in [5.41, 5.74) is 7.66. The molecule has 4 nitrogen and oxygen atoms in total.